The van der Waals surface area contributed by atoms with E-state index in [2.05, 4.69) is 12.2 Å². The SMILES string of the molecule is CCS[C@H]1CC[C@H](N(C)C(=O)CNC(=O)c2ccoc2)C1. The van der Waals surface area contributed by atoms with Gasteiger partial charge in [-0.3, -0.25) is 9.59 Å². The molecule has 6 heteroatoms. The summed E-state index contributed by atoms with van der Waals surface area (Å²) in [6.07, 6.45) is 6.08. The number of carbonyl (C=O) groups is 2. The fourth-order valence-corrected chi connectivity index (χ4v) is 3.77. The third-order valence-corrected chi connectivity index (χ3v) is 5.12. The number of hydrogen-bond acceptors (Lipinski definition) is 4. The lowest BCUT2D eigenvalue weighted by Gasteiger charge is -2.24. The smallest absolute Gasteiger partial charge is 0.254 e. The van der Waals surface area contributed by atoms with Gasteiger partial charge in [0.25, 0.3) is 5.91 Å². The zero-order valence-corrected chi connectivity index (χ0v) is 13.3. The van der Waals surface area contributed by atoms with E-state index in [-0.39, 0.29) is 18.4 Å². The molecule has 1 aliphatic carbocycles. The lowest BCUT2D eigenvalue weighted by molar-refractivity contribution is -0.130. The van der Waals surface area contributed by atoms with Crippen LogP contribution in [0.1, 0.15) is 36.5 Å². The van der Waals surface area contributed by atoms with Gasteiger partial charge in [-0.05, 0) is 31.1 Å². The van der Waals surface area contributed by atoms with Crippen LogP contribution in [0.25, 0.3) is 0 Å². The number of furan rings is 1. The Morgan fingerprint density at radius 2 is 2.29 bits per heavy atom. The Morgan fingerprint density at radius 3 is 2.95 bits per heavy atom. The van der Waals surface area contributed by atoms with Crippen molar-refractivity contribution < 1.29 is 14.0 Å². The van der Waals surface area contributed by atoms with Crippen LogP contribution >= 0.6 is 11.8 Å². The van der Waals surface area contributed by atoms with Gasteiger partial charge < -0.3 is 14.6 Å². The number of rotatable bonds is 6. The second-order valence-corrected chi connectivity index (χ2v) is 6.82. The molecule has 1 aromatic rings. The lowest BCUT2D eigenvalue weighted by atomic mass is 10.2. The summed E-state index contributed by atoms with van der Waals surface area (Å²) in [6, 6.07) is 1.87. The molecule has 1 saturated carbocycles. The van der Waals surface area contributed by atoms with Gasteiger partial charge in [0, 0.05) is 18.3 Å². The highest BCUT2D eigenvalue weighted by Gasteiger charge is 2.29. The largest absolute Gasteiger partial charge is 0.472 e. The number of likely N-dealkylation sites (N-methyl/N-ethyl adjacent to an activating group) is 1. The monoisotopic (exact) mass is 310 g/mol. The van der Waals surface area contributed by atoms with E-state index in [1.54, 1.807) is 11.0 Å². The van der Waals surface area contributed by atoms with Crippen LogP contribution in [0.2, 0.25) is 0 Å². The van der Waals surface area contributed by atoms with Crippen LogP contribution < -0.4 is 5.32 Å². The molecule has 2 atom stereocenters. The molecule has 1 aromatic heterocycles. The van der Waals surface area contributed by atoms with Gasteiger partial charge in [-0.25, -0.2) is 0 Å². The molecule has 0 radical (unpaired) electrons. The molecule has 0 bridgehead atoms. The van der Waals surface area contributed by atoms with Gasteiger partial charge in [0.2, 0.25) is 5.91 Å². The highest BCUT2D eigenvalue weighted by Crippen LogP contribution is 2.32. The molecule has 0 spiro atoms. The minimum Gasteiger partial charge on any atom is -0.472 e. The van der Waals surface area contributed by atoms with Gasteiger partial charge >= 0.3 is 0 Å². The van der Waals surface area contributed by atoms with E-state index in [0.717, 1.165) is 18.6 Å². The maximum atomic E-state index is 12.1. The Kier molecular flexibility index (Phi) is 5.73. The number of amides is 2. The van der Waals surface area contributed by atoms with Crippen molar-refractivity contribution in [1.82, 2.24) is 10.2 Å². The first-order valence-corrected chi connectivity index (χ1v) is 8.34. The number of carbonyl (C=O) groups excluding carboxylic acids is 2. The van der Waals surface area contributed by atoms with Crippen LogP contribution in [0.15, 0.2) is 23.0 Å². The summed E-state index contributed by atoms with van der Waals surface area (Å²) in [4.78, 5) is 25.7. The van der Waals surface area contributed by atoms with Crippen molar-refractivity contribution in [2.75, 3.05) is 19.3 Å². The van der Waals surface area contributed by atoms with Crippen molar-refractivity contribution in [3.05, 3.63) is 24.2 Å². The van der Waals surface area contributed by atoms with Crippen LogP contribution in [-0.4, -0.2) is 47.4 Å². The number of nitrogens with one attached hydrogen (secondary N) is 1. The van der Waals surface area contributed by atoms with Gasteiger partial charge in [0.1, 0.15) is 6.26 Å². The summed E-state index contributed by atoms with van der Waals surface area (Å²) in [6.45, 7) is 2.20. The fourth-order valence-electron chi connectivity index (χ4n) is 2.64. The van der Waals surface area contributed by atoms with E-state index >= 15 is 0 Å². The molecule has 1 fully saturated rings. The summed E-state index contributed by atoms with van der Waals surface area (Å²) in [5, 5.41) is 3.29. The average molecular weight is 310 g/mol. The molecule has 2 rings (SSSR count). The molecule has 2 amide bonds. The van der Waals surface area contributed by atoms with Crippen LogP contribution in [0.3, 0.4) is 0 Å². The Morgan fingerprint density at radius 1 is 1.48 bits per heavy atom. The van der Waals surface area contributed by atoms with Gasteiger partial charge in [0.05, 0.1) is 18.4 Å². The predicted octanol–water partition coefficient (Wildman–Crippen LogP) is 2.14. The number of nitrogens with zero attached hydrogens (tertiary/aromatic N) is 1. The quantitative estimate of drug-likeness (QED) is 0.874. The molecule has 116 valence electrons. The summed E-state index contributed by atoms with van der Waals surface area (Å²) >= 11 is 1.97. The standard InChI is InChI=1S/C15H22N2O3S/c1-3-21-13-5-4-12(8-13)17(2)14(18)9-16-15(19)11-6-7-20-10-11/h6-7,10,12-13H,3-5,8-9H2,1-2H3,(H,16,19)/t12-,13-/m0/s1. The maximum absolute atomic E-state index is 12.1. The van der Waals surface area contributed by atoms with Crippen molar-refractivity contribution >= 4 is 23.6 Å². The molecule has 1 heterocycles. The van der Waals surface area contributed by atoms with Crippen molar-refractivity contribution in [2.45, 2.75) is 37.5 Å². The Balaban J connectivity index is 1.77. The molecular formula is C15H22N2O3S. The van der Waals surface area contributed by atoms with Crippen molar-refractivity contribution in [3.63, 3.8) is 0 Å². The minimum atomic E-state index is -0.281. The summed E-state index contributed by atoms with van der Waals surface area (Å²) in [5.41, 5.74) is 0.436. The van der Waals surface area contributed by atoms with Crippen molar-refractivity contribution in [2.24, 2.45) is 0 Å². The minimum absolute atomic E-state index is 0.0304. The summed E-state index contributed by atoms with van der Waals surface area (Å²) in [5.74, 6) is 0.797. The molecule has 0 saturated heterocycles. The topological polar surface area (TPSA) is 62.6 Å². The number of hydrogen-bond donors (Lipinski definition) is 1. The fraction of sp³-hybridized carbons (Fsp3) is 0.600. The first-order valence-electron chi connectivity index (χ1n) is 7.29. The van der Waals surface area contributed by atoms with E-state index in [1.807, 2.05) is 18.8 Å². The van der Waals surface area contributed by atoms with E-state index in [4.69, 9.17) is 4.42 Å². The van der Waals surface area contributed by atoms with Gasteiger partial charge in [-0.2, -0.15) is 11.8 Å². The zero-order chi connectivity index (χ0) is 15.2. The predicted molar refractivity (Wildman–Crippen MR) is 83.4 cm³/mol. The molecule has 5 nitrogen and oxygen atoms in total. The van der Waals surface area contributed by atoms with Crippen LogP contribution in [0.5, 0.6) is 0 Å². The van der Waals surface area contributed by atoms with E-state index in [9.17, 15) is 9.59 Å². The lowest BCUT2D eigenvalue weighted by Crippen LogP contribution is -2.42. The maximum Gasteiger partial charge on any atom is 0.254 e. The van der Waals surface area contributed by atoms with E-state index < -0.39 is 0 Å². The third kappa shape index (κ3) is 4.27. The summed E-state index contributed by atoms with van der Waals surface area (Å²) < 4.78 is 4.85. The summed E-state index contributed by atoms with van der Waals surface area (Å²) in [7, 11) is 1.83. The normalized spacial score (nSPS) is 21.2. The first-order chi connectivity index (χ1) is 10.1. The van der Waals surface area contributed by atoms with Gasteiger partial charge in [0.15, 0.2) is 0 Å². The molecular weight excluding hydrogens is 288 g/mol. The Bertz CT molecular complexity index is 475. The van der Waals surface area contributed by atoms with Crippen molar-refractivity contribution in [1.29, 1.82) is 0 Å². The average Bonchev–Trinajstić information content (AvgIpc) is 3.15. The van der Waals surface area contributed by atoms with Crippen LogP contribution in [0, 0.1) is 0 Å². The highest BCUT2D eigenvalue weighted by atomic mass is 32.2. The highest BCUT2D eigenvalue weighted by molar-refractivity contribution is 7.99. The van der Waals surface area contributed by atoms with Crippen molar-refractivity contribution in [3.8, 4) is 0 Å². The van der Waals surface area contributed by atoms with Gasteiger partial charge in [-0.15, -0.1) is 0 Å². The Hall–Kier alpha value is -1.43. The Labute approximate surface area is 129 Å². The molecule has 0 aromatic carbocycles. The first kappa shape index (κ1) is 15.9. The molecule has 21 heavy (non-hydrogen) atoms. The van der Waals surface area contributed by atoms with Crippen LogP contribution in [0.4, 0.5) is 0 Å². The third-order valence-electron chi connectivity index (χ3n) is 3.88. The molecule has 1 N–H and O–H groups in total. The second-order valence-electron chi connectivity index (χ2n) is 5.24. The zero-order valence-electron chi connectivity index (χ0n) is 12.5. The molecule has 0 aliphatic heterocycles. The van der Waals surface area contributed by atoms with E-state index in [0.29, 0.717) is 16.9 Å². The van der Waals surface area contributed by atoms with Crippen LogP contribution in [-0.2, 0) is 4.79 Å². The molecule has 1 aliphatic rings. The van der Waals surface area contributed by atoms with Gasteiger partial charge in [-0.1, -0.05) is 6.92 Å². The van der Waals surface area contributed by atoms with E-state index in [1.165, 1.54) is 18.9 Å². The number of thioether (sulfide) groups is 1. The molecule has 0 unspecified atom stereocenters. The second kappa shape index (κ2) is 7.54.